The molecule has 0 saturated heterocycles. The fourth-order valence-corrected chi connectivity index (χ4v) is 2.52. The average Bonchev–Trinajstić information content (AvgIpc) is 2.55. The van der Waals surface area contributed by atoms with Gasteiger partial charge in [0.15, 0.2) is 0 Å². The minimum absolute atomic E-state index is 0.0689. The molecule has 4 heteroatoms. The zero-order chi connectivity index (χ0) is 11.3. The van der Waals surface area contributed by atoms with Gasteiger partial charge in [-0.05, 0) is 30.2 Å². The van der Waals surface area contributed by atoms with Gasteiger partial charge in [-0.3, -0.25) is 0 Å². The second-order valence-electron chi connectivity index (χ2n) is 4.30. The smallest absolute Gasteiger partial charge is 0.252 e. The Morgan fingerprint density at radius 3 is 2.94 bits per heavy atom. The van der Waals surface area contributed by atoms with Gasteiger partial charge in [0.05, 0.1) is 0 Å². The van der Waals surface area contributed by atoms with Gasteiger partial charge in [-0.15, -0.1) is 0 Å². The standard InChI is InChI=1S/C12H10ClF2N/c13-7-1-2-10-8(5-7)9-6-12(14,15)4-3-11(9)16-10/h1-2,5,16H,3-4,6H2. The van der Waals surface area contributed by atoms with Crippen LogP contribution in [0.25, 0.3) is 10.9 Å². The number of halogens is 3. The molecule has 2 aromatic rings. The first kappa shape index (κ1) is 10.1. The molecule has 1 aliphatic rings. The van der Waals surface area contributed by atoms with E-state index in [1.807, 2.05) is 6.07 Å². The van der Waals surface area contributed by atoms with E-state index in [1.54, 1.807) is 12.1 Å². The third-order valence-corrected chi connectivity index (χ3v) is 3.37. The lowest BCUT2D eigenvalue weighted by molar-refractivity contribution is -0.0121. The van der Waals surface area contributed by atoms with Crippen molar-refractivity contribution in [3.63, 3.8) is 0 Å². The van der Waals surface area contributed by atoms with Gasteiger partial charge in [-0.25, -0.2) is 8.78 Å². The van der Waals surface area contributed by atoms with Crippen LogP contribution in [-0.2, 0) is 12.8 Å². The number of aromatic amines is 1. The van der Waals surface area contributed by atoms with Crippen molar-refractivity contribution in [1.29, 1.82) is 0 Å². The summed E-state index contributed by atoms with van der Waals surface area (Å²) < 4.78 is 26.7. The first-order valence-corrected chi connectivity index (χ1v) is 5.60. The summed E-state index contributed by atoms with van der Waals surface area (Å²) in [6.45, 7) is 0. The van der Waals surface area contributed by atoms with Gasteiger partial charge in [0.25, 0.3) is 5.92 Å². The highest BCUT2D eigenvalue weighted by Gasteiger charge is 2.35. The van der Waals surface area contributed by atoms with E-state index in [2.05, 4.69) is 4.98 Å². The summed E-state index contributed by atoms with van der Waals surface area (Å²) in [6.07, 6.45) is 0.165. The highest BCUT2D eigenvalue weighted by atomic mass is 35.5. The second kappa shape index (κ2) is 3.20. The number of H-pyrrole nitrogens is 1. The Morgan fingerprint density at radius 2 is 2.12 bits per heavy atom. The lowest BCUT2D eigenvalue weighted by Gasteiger charge is -2.21. The van der Waals surface area contributed by atoms with Gasteiger partial charge in [-0.2, -0.15) is 0 Å². The Kier molecular flexibility index (Phi) is 2.02. The maximum Gasteiger partial charge on any atom is 0.252 e. The van der Waals surface area contributed by atoms with E-state index >= 15 is 0 Å². The fraction of sp³-hybridized carbons (Fsp3) is 0.333. The lowest BCUT2D eigenvalue weighted by Crippen LogP contribution is -2.25. The Bertz CT molecular complexity index is 559. The van der Waals surface area contributed by atoms with Crippen molar-refractivity contribution in [2.75, 3.05) is 0 Å². The summed E-state index contributed by atoms with van der Waals surface area (Å²) in [5, 5.41) is 1.42. The minimum atomic E-state index is -2.58. The number of aromatic nitrogens is 1. The molecule has 1 N–H and O–H groups in total. The predicted octanol–water partition coefficient (Wildman–Crippen LogP) is 3.95. The van der Waals surface area contributed by atoms with E-state index in [9.17, 15) is 8.78 Å². The van der Waals surface area contributed by atoms with E-state index in [4.69, 9.17) is 11.6 Å². The van der Waals surface area contributed by atoms with Crippen LogP contribution in [0.5, 0.6) is 0 Å². The maximum absolute atomic E-state index is 13.3. The van der Waals surface area contributed by atoms with Crippen molar-refractivity contribution >= 4 is 22.5 Å². The zero-order valence-corrected chi connectivity index (χ0v) is 9.24. The predicted molar refractivity (Wildman–Crippen MR) is 60.3 cm³/mol. The van der Waals surface area contributed by atoms with Crippen LogP contribution in [0.1, 0.15) is 17.7 Å². The molecule has 0 bridgehead atoms. The van der Waals surface area contributed by atoms with E-state index in [0.29, 0.717) is 11.4 Å². The molecule has 0 atom stereocenters. The topological polar surface area (TPSA) is 15.8 Å². The first-order valence-electron chi connectivity index (χ1n) is 5.22. The number of alkyl halides is 2. The first-order chi connectivity index (χ1) is 7.55. The van der Waals surface area contributed by atoms with Crippen molar-refractivity contribution in [2.24, 2.45) is 0 Å². The number of fused-ring (bicyclic) bond motifs is 3. The molecule has 1 aliphatic carbocycles. The van der Waals surface area contributed by atoms with Gasteiger partial charge in [0.1, 0.15) is 0 Å². The van der Waals surface area contributed by atoms with E-state index in [1.165, 1.54) is 0 Å². The van der Waals surface area contributed by atoms with Crippen LogP contribution >= 0.6 is 11.6 Å². The molecule has 0 radical (unpaired) electrons. The monoisotopic (exact) mass is 241 g/mol. The third-order valence-electron chi connectivity index (χ3n) is 3.13. The van der Waals surface area contributed by atoms with Crippen LogP contribution in [0.15, 0.2) is 18.2 Å². The summed E-state index contributed by atoms with van der Waals surface area (Å²) in [6, 6.07) is 5.37. The van der Waals surface area contributed by atoms with E-state index in [0.717, 1.165) is 22.2 Å². The molecule has 0 saturated carbocycles. The number of nitrogens with one attached hydrogen (secondary N) is 1. The molecule has 0 aliphatic heterocycles. The van der Waals surface area contributed by atoms with Crippen molar-refractivity contribution in [1.82, 2.24) is 4.98 Å². The average molecular weight is 242 g/mol. The Balaban J connectivity index is 2.23. The number of rotatable bonds is 0. The van der Waals surface area contributed by atoms with Crippen molar-refractivity contribution < 1.29 is 8.78 Å². The van der Waals surface area contributed by atoms with Crippen molar-refractivity contribution in [3.05, 3.63) is 34.5 Å². The molecule has 3 rings (SSSR count). The van der Waals surface area contributed by atoms with Crippen LogP contribution in [-0.4, -0.2) is 10.9 Å². The fourth-order valence-electron chi connectivity index (χ4n) is 2.35. The summed E-state index contributed by atoms with van der Waals surface area (Å²) >= 11 is 5.89. The van der Waals surface area contributed by atoms with Crippen molar-refractivity contribution in [2.45, 2.75) is 25.2 Å². The molecular formula is C12H10ClF2N. The molecule has 84 valence electrons. The van der Waals surface area contributed by atoms with Gasteiger partial charge in [-0.1, -0.05) is 11.6 Å². The molecule has 16 heavy (non-hydrogen) atoms. The summed E-state index contributed by atoms with van der Waals surface area (Å²) in [7, 11) is 0. The highest BCUT2D eigenvalue weighted by Crippen LogP contribution is 2.37. The van der Waals surface area contributed by atoms with Gasteiger partial charge in [0.2, 0.25) is 0 Å². The van der Waals surface area contributed by atoms with Crippen LogP contribution in [0.3, 0.4) is 0 Å². The number of hydrogen-bond acceptors (Lipinski definition) is 0. The van der Waals surface area contributed by atoms with Crippen LogP contribution < -0.4 is 0 Å². The van der Waals surface area contributed by atoms with Gasteiger partial charge < -0.3 is 4.98 Å². The Labute approximate surface area is 96.4 Å². The molecule has 1 aromatic heterocycles. The Hall–Kier alpha value is -1.09. The summed E-state index contributed by atoms with van der Waals surface area (Å²) in [4.78, 5) is 3.19. The van der Waals surface area contributed by atoms with Gasteiger partial charge >= 0.3 is 0 Å². The second-order valence-corrected chi connectivity index (χ2v) is 4.74. The molecule has 0 amide bonds. The minimum Gasteiger partial charge on any atom is -0.358 e. The maximum atomic E-state index is 13.3. The quantitative estimate of drug-likeness (QED) is 0.719. The number of hydrogen-bond donors (Lipinski definition) is 1. The normalized spacial score (nSPS) is 18.7. The van der Waals surface area contributed by atoms with Crippen molar-refractivity contribution in [3.8, 4) is 0 Å². The summed E-state index contributed by atoms with van der Waals surface area (Å²) in [5.41, 5.74) is 2.56. The van der Waals surface area contributed by atoms with Crippen LogP contribution in [0.4, 0.5) is 8.78 Å². The molecule has 1 aromatic carbocycles. The van der Waals surface area contributed by atoms with E-state index < -0.39 is 5.92 Å². The molecule has 0 unspecified atom stereocenters. The molecule has 0 spiro atoms. The van der Waals surface area contributed by atoms with Crippen LogP contribution in [0.2, 0.25) is 5.02 Å². The summed E-state index contributed by atoms with van der Waals surface area (Å²) in [5.74, 6) is -2.58. The molecule has 1 heterocycles. The number of benzene rings is 1. The zero-order valence-electron chi connectivity index (χ0n) is 8.49. The molecular weight excluding hydrogens is 232 g/mol. The highest BCUT2D eigenvalue weighted by molar-refractivity contribution is 6.31. The largest absolute Gasteiger partial charge is 0.358 e. The number of aryl methyl sites for hydroxylation is 1. The third kappa shape index (κ3) is 1.50. The molecule has 0 fully saturated rings. The molecule has 1 nitrogen and oxygen atoms in total. The van der Waals surface area contributed by atoms with E-state index in [-0.39, 0.29) is 12.8 Å². The van der Waals surface area contributed by atoms with Gasteiger partial charge in [0, 0.05) is 34.5 Å². The Morgan fingerprint density at radius 1 is 1.31 bits per heavy atom. The SMILES string of the molecule is FC1(F)CCc2[nH]c3ccc(Cl)cc3c2C1. The lowest BCUT2D eigenvalue weighted by atomic mass is 9.92. The van der Waals surface area contributed by atoms with Crippen LogP contribution in [0, 0.1) is 0 Å².